The molecule has 0 spiro atoms. The van der Waals surface area contributed by atoms with E-state index >= 15 is 0 Å². The average Bonchev–Trinajstić information content (AvgIpc) is 2.24. The second-order valence-corrected chi connectivity index (χ2v) is 3.15. The highest BCUT2D eigenvalue weighted by molar-refractivity contribution is 5.81. The van der Waals surface area contributed by atoms with E-state index in [4.69, 9.17) is 15.9 Å². The standard InChI is InChI=1S/C11H19NO3/c1-5-8-12-11(6-2,9-14-4)10(13)15-7-3/h1,12H,6-9H2,2-4H3. The fourth-order valence-electron chi connectivity index (χ4n) is 1.29. The third kappa shape index (κ3) is 3.90. The Labute approximate surface area is 91.3 Å². The molecule has 0 aliphatic rings. The van der Waals surface area contributed by atoms with Crippen LogP contribution in [0.1, 0.15) is 20.3 Å². The molecule has 0 aliphatic carbocycles. The molecule has 0 saturated heterocycles. The van der Waals surface area contributed by atoms with Crippen molar-refractivity contribution < 1.29 is 14.3 Å². The summed E-state index contributed by atoms with van der Waals surface area (Å²) in [5, 5.41) is 2.98. The Morgan fingerprint density at radius 1 is 1.53 bits per heavy atom. The molecule has 0 amide bonds. The van der Waals surface area contributed by atoms with E-state index in [1.165, 1.54) is 0 Å². The smallest absolute Gasteiger partial charge is 0.328 e. The largest absolute Gasteiger partial charge is 0.465 e. The lowest BCUT2D eigenvalue weighted by Gasteiger charge is -2.29. The van der Waals surface area contributed by atoms with Crippen LogP contribution in [0, 0.1) is 12.3 Å². The molecule has 0 rings (SSSR count). The molecule has 1 unspecified atom stereocenters. The van der Waals surface area contributed by atoms with E-state index in [1.807, 2.05) is 6.92 Å². The monoisotopic (exact) mass is 213 g/mol. The van der Waals surface area contributed by atoms with Crippen LogP contribution in [-0.2, 0) is 14.3 Å². The van der Waals surface area contributed by atoms with Gasteiger partial charge in [0.25, 0.3) is 0 Å². The van der Waals surface area contributed by atoms with Crippen LogP contribution in [0.4, 0.5) is 0 Å². The fourth-order valence-corrected chi connectivity index (χ4v) is 1.29. The summed E-state index contributed by atoms with van der Waals surface area (Å²) in [6.07, 6.45) is 5.73. The first-order valence-electron chi connectivity index (χ1n) is 5.01. The minimum Gasteiger partial charge on any atom is -0.465 e. The number of hydrogen-bond donors (Lipinski definition) is 1. The van der Waals surface area contributed by atoms with Crippen molar-refractivity contribution in [3.63, 3.8) is 0 Å². The molecular weight excluding hydrogens is 194 g/mol. The van der Waals surface area contributed by atoms with Crippen molar-refractivity contribution in [3.05, 3.63) is 0 Å². The van der Waals surface area contributed by atoms with Crippen LogP contribution in [0.3, 0.4) is 0 Å². The van der Waals surface area contributed by atoms with Gasteiger partial charge >= 0.3 is 5.97 Å². The van der Waals surface area contributed by atoms with Gasteiger partial charge in [0.15, 0.2) is 0 Å². The summed E-state index contributed by atoms with van der Waals surface area (Å²) in [4.78, 5) is 11.8. The Balaban J connectivity index is 4.63. The number of terminal acetylenes is 1. The van der Waals surface area contributed by atoms with E-state index in [0.29, 0.717) is 19.6 Å². The molecular formula is C11H19NO3. The summed E-state index contributed by atoms with van der Waals surface area (Å²) >= 11 is 0. The van der Waals surface area contributed by atoms with Crippen molar-refractivity contribution in [1.29, 1.82) is 0 Å². The van der Waals surface area contributed by atoms with Gasteiger partial charge in [-0.25, -0.2) is 4.79 Å². The van der Waals surface area contributed by atoms with Crippen molar-refractivity contribution in [2.75, 3.05) is 26.9 Å². The van der Waals surface area contributed by atoms with Gasteiger partial charge in [-0.1, -0.05) is 12.8 Å². The van der Waals surface area contributed by atoms with Gasteiger partial charge < -0.3 is 9.47 Å². The summed E-state index contributed by atoms with van der Waals surface area (Å²) in [6, 6.07) is 0. The molecule has 0 heterocycles. The Morgan fingerprint density at radius 3 is 2.60 bits per heavy atom. The van der Waals surface area contributed by atoms with Crippen molar-refractivity contribution in [3.8, 4) is 12.3 Å². The second kappa shape index (κ2) is 7.27. The third-order valence-corrected chi connectivity index (χ3v) is 2.19. The highest BCUT2D eigenvalue weighted by Gasteiger charge is 2.37. The molecule has 0 saturated carbocycles. The zero-order valence-electron chi connectivity index (χ0n) is 9.63. The quantitative estimate of drug-likeness (QED) is 0.496. The number of nitrogens with one attached hydrogen (secondary N) is 1. The molecule has 1 N–H and O–H groups in total. The van der Waals surface area contributed by atoms with Crippen molar-refractivity contribution in [1.82, 2.24) is 5.32 Å². The van der Waals surface area contributed by atoms with E-state index < -0.39 is 5.54 Å². The summed E-state index contributed by atoms with van der Waals surface area (Å²) < 4.78 is 10.0. The number of carbonyl (C=O) groups excluding carboxylic acids is 1. The van der Waals surface area contributed by atoms with Gasteiger partial charge in [-0.3, -0.25) is 5.32 Å². The van der Waals surface area contributed by atoms with Gasteiger partial charge in [0, 0.05) is 7.11 Å². The summed E-state index contributed by atoms with van der Waals surface area (Å²) in [5.74, 6) is 2.12. The van der Waals surface area contributed by atoms with Gasteiger partial charge in [0.2, 0.25) is 0 Å². The summed E-state index contributed by atoms with van der Waals surface area (Å²) in [7, 11) is 1.54. The number of carbonyl (C=O) groups is 1. The molecule has 0 aromatic heterocycles. The SMILES string of the molecule is C#CCNC(CC)(COC)C(=O)OCC. The Kier molecular flexibility index (Phi) is 6.76. The van der Waals surface area contributed by atoms with Crippen LogP contribution in [-0.4, -0.2) is 38.4 Å². The molecule has 0 aliphatic heterocycles. The molecule has 0 bridgehead atoms. The molecule has 4 nitrogen and oxygen atoms in total. The number of esters is 1. The first-order chi connectivity index (χ1) is 7.16. The first kappa shape index (κ1) is 13.9. The molecule has 4 heteroatoms. The number of rotatable bonds is 7. The third-order valence-electron chi connectivity index (χ3n) is 2.19. The Hall–Kier alpha value is -1.05. The number of ether oxygens (including phenoxy) is 2. The van der Waals surface area contributed by atoms with Crippen LogP contribution >= 0.6 is 0 Å². The van der Waals surface area contributed by atoms with Crippen LogP contribution in [0.2, 0.25) is 0 Å². The van der Waals surface area contributed by atoms with Gasteiger partial charge in [-0.2, -0.15) is 0 Å². The molecule has 0 radical (unpaired) electrons. The van der Waals surface area contributed by atoms with Crippen molar-refractivity contribution >= 4 is 5.97 Å². The Morgan fingerprint density at radius 2 is 2.20 bits per heavy atom. The lowest BCUT2D eigenvalue weighted by Crippen LogP contribution is -2.56. The van der Waals surface area contributed by atoms with Crippen LogP contribution in [0.25, 0.3) is 0 Å². The predicted molar refractivity (Wildman–Crippen MR) is 58.4 cm³/mol. The summed E-state index contributed by atoms with van der Waals surface area (Å²) in [5.41, 5.74) is -0.822. The average molecular weight is 213 g/mol. The highest BCUT2D eigenvalue weighted by Crippen LogP contribution is 2.13. The van der Waals surface area contributed by atoms with Crippen LogP contribution in [0.15, 0.2) is 0 Å². The van der Waals surface area contributed by atoms with E-state index in [0.717, 1.165) is 0 Å². The molecule has 1 atom stereocenters. The maximum absolute atomic E-state index is 11.8. The van der Waals surface area contributed by atoms with E-state index in [-0.39, 0.29) is 12.6 Å². The second-order valence-electron chi connectivity index (χ2n) is 3.15. The van der Waals surface area contributed by atoms with Crippen molar-refractivity contribution in [2.45, 2.75) is 25.8 Å². The molecule has 86 valence electrons. The molecule has 0 fully saturated rings. The minimum absolute atomic E-state index is 0.254. The topological polar surface area (TPSA) is 47.6 Å². The fraction of sp³-hybridized carbons (Fsp3) is 0.727. The van der Waals surface area contributed by atoms with Gasteiger partial charge in [0.1, 0.15) is 5.54 Å². The molecule has 0 aromatic carbocycles. The zero-order chi connectivity index (χ0) is 11.7. The zero-order valence-corrected chi connectivity index (χ0v) is 9.63. The van der Waals surface area contributed by atoms with Gasteiger partial charge in [0.05, 0.1) is 19.8 Å². The predicted octanol–water partition coefficient (Wildman–Crippen LogP) is 0.567. The van der Waals surface area contributed by atoms with E-state index in [2.05, 4.69) is 11.2 Å². The van der Waals surface area contributed by atoms with Crippen molar-refractivity contribution in [2.24, 2.45) is 0 Å². The van der Waals surface area contributed by atoms with Gasteiger partial charge in [-0.15, -0.1) is 6.42 Å². The van der Waals surface area contributed by atoms with Gasteiger partial charge in [-0.05, 0) is 13.3 Å². The Bertz CT molecular complexity index is 234. The lowest BCUT2D eigenvalue weighted by molar-refractivity contribution is -0.153. The molecule has 15 heavy (non-hydrogen) atoms. The highest BCUT2D eigenvalue weighted by atomic mass is 16.5. The van der Waals surface area contributed by atoms with E-state index in [9.17, 15) is 4.79 Å². The maximum Gasteiger partial charge on any atom is 0.328 e. The van der Waals surface area contributed by atoms with E-state index in [1.54, 1.807) is 14.0 Å². The summed E-state index contributed by atoms with van der Waals surface area (Å²) in [6.45, 7) is 4.58. The lowest BCUT2D eigenvalue weighted by atomic mass is 9.97. The maximum atomic E-state index is 11.8. The number of hydrogen-bond acceptors (Lipinski definition) is 4. The molecule has 0 aromatic rings. The van der Waals surface area contributed by atoms with Crippen LogP contribution in [0.5, 0.6) is 0 Å². The minimum atomic E-state index is -0.822. The number of methoxy groups -OCH3 is 1. The first-order valence-corrected chi connectivity index (χ1v) is 5.01. The normalized spacial score (nSPS) is 14.0. The van der Waals surface area contributed by atoms with Crippen LogP contribution < -0.4 is 5.32 Å².